The smallest absolute Gasteiger partial charge is 0.222 e. The molecule has 0 spiro atoms. The molecule has 4 N–H and O–H groups in total. The molecule has 0 aromatic rings. The highest BCUT2D eigenvalue weighted by atomic mass is 16.3. The van der Waals surface area contributed by atoms with Crippen molar-refractivity contribution in [2.75, 3.05) is 6.61 Å². The molecule has 65 heavy (non-hydrogen) atoms. The van der Waals surface area contributed by atoms with E-state index < -0.39 is 18.2 Å². The van der Waals surface area contributed by atoms with E-state index in [9.17, 15) is 20.1 Å². The van der Waals surface area contributed by atoms with E-state index in [-0.39, 0.29) is 18.9 Å². The first-order valence-electron chi connectivity index (χ1n) is 29.3. The number of carbonyl (C=O) groups is 1. The lowest BCUT2D eigenvalue weighted by atomic mass is 10.0. The quantitative estimate of drug-likeness (QED) is 0.0361. The van der Waals surface area contributed by atoms with Crippen molar-refractivity contribution in [2.45, 2.75) is 334 Å². The number of carbonyl (C=O) groups excluding carboxylic acids is 1. The number of rotatable bonds is 54. The Bertz CT molecular complexity index is 1010. The molecular formula is C60H115NO4. The topological polar surface area (TPSA) is 89.8 Å². The Kier molecular flexibility index (Phi) is 54.0. The zero-order valence-corrected chi connectivity index (χ0v) is 43.9. The Morgan fingerprint density at radius 3 is 0.985 bits per heavy atom. The van der Waals surface area contributed by atoms with Crippen LogP contribution in [0.15, 0.2) is 36.5 Å². The highest BCUT2D eigenvalue weighted by Crippen LogP contribution is 2.17. The van der Waals surface area contributed by atoms with Gasteiger partial charge in [0.15, 0.2) is 0 Å². The minimum Gasteiger partial charge on any atom is -0.394 e. The Morgan fingerprint density at radius 1 is 0.385 bits per heavy atom. The Morgan fingerprint density at radius 2 is 0.662 bits per heavy atom. The van der Waals surface area contributed by atoms with Crippen LogP contribution in [-0.2, 0) is 4.79 Å². The second-order valence-electron chi connectivity index (χ2n) is 20.2. The molecule has 3 atom stereocenters. The summed E-state index contributed by atoms with van der Waals surface area (Å²) in [5.41, 5.74) is 0. The minimum atomic E-state index is -0.951. The Labute approximate surface area is 406 Å². The Hall–Kier alpha value is -1.43. The third kappa shape index (κ3) is 51.8. The number of allylic oxidation sites excluding steroid dienone is 5. The molecule has 5 nitrogen and oxygen atoms in total. The van der Waals surface area contributed by atoms with Gasteiger partial charge in [0.1, 0.15) is 0 Å². The van der Waals surface area contributed by atoms with Crippen LogP contribution in [0, 0.1) is 0 Å². The minimum absolute atomic E-state index is 0.00789. The molecule has 0 rings (SSSR count). The molecule has 1 amide bonds. The van der Waals surface area contributed by atoms with Crippen LogP contribution in [0.5, 0.6) is 0 Å². The van der Waals surface area contributed by atoms with Crippen molar-refractivity contribution >= 4 is 5.91 Å². The number of unbranched alkanes of at least 4 members (excludes halogenated alkanes) is 41. The van der Waals surface area contributed by atoms with Crippen molar-refractivity contribution in [1.82, 2.24) is 5.32 Å². The van der Waals surface area contributed by atoms with Crippen molar-refractivity contribution in [2.24, 2.45) is 0 Å². The van der Waals surface area contributed by atoms with E-state index in [4.69, 9.17) is 0 Å². The van der Waals surface area contributed by atoms with Gasteiger partial charge in [0.25, 0.3) is 0 Å². The molecule has 0 aliphatic carbocycles. The number of hydrogen-bond donors (Lipinski definition) is 4. The zero-order chi connectivity index (χ0) is 47.2. The monoisotopic (exact) mass is 914 g/mol. The Balaban J connectivity index is 3.50. The van der Waals surface area contributed by atoms with Gasteiger partial charge in [0, 0.05) is 0 Å². The molecule has 0 aliphatic rings. The van der Waals surface area contributed by atoms with E-state index in [1.54, 1.807) is 6.08 Å². The van der Waals surface area contributed by atoms with Gasteiger partial charge in [-0.2, -0.15) is 0 Å². The number of amides is 1. The molecule has 0 radical (unpaired) electrons. The molecule has 0 heterocycles. The van der Waals surface area contributed by atoms with E-state index in [1.807, 2.05) is 6.08 Å². The van der Waals surface area contributed by atoms with Crippen molar-refractivity contribution in [3.8, 4) is 0 Å². The van der Waals surface area contributed by atoms with E-state index in [1.165, 1.54) is 257 Å². The summed E-state index contributed by atoms with van der Waals surface area (Å²) in [4.78, 5) is 12.5. The fourth-order valence-electron chi connectivity index (χ4n) is 9.18. The van der Waals surface area contributed by atoms with E-state index in [0.29, 0.717) is 6.42 Å². The maximum Gasteiger partial charge on any atom is 0.222 e. The summed E-state index contributed by atoms with van der Waals surface area (Å²) in [6.07, 6.45) is 72.2. The van der Waals surface area contributed by atoms with Crippen LogP contribution >= 0.6 is 0 Å². The third-order valence-corrected chi connectivity index (χ3v) is 13.6. The average Bonchev–Trinajstić information content (AvgIpc) is 3.30. The van der Waals surface area contributed by atoms with E-state index >= 15 is 0 Å². The summed E-state index contributed by atoms with van der Waals surface area (Å²) in [6.45, 7) is 4.22. The molecule has 384 valence electrons. The van der Waals surface area contributed by atoms with Crippen LogP contribution < -0.4 is 5.32 Å². The standard InChI is InChI=1S/C60H115NO4/c1-3-5-7-9-11-13-15-17-19-20-21-22-23-24-25-26-27-28-29-30-31-32-33-34-35-36-37-38-40-41-43-45-47-49-51-53-57(63)55-60(65)61-58(56-62)59(64)54-52-50-48-46-44-42-39-18-16-14-12-10-8-6-4-2/h28-29,44,46,52,54,57-59,62-64H,3-27,30-43,45,47-51,53,55-56H2,1-2H3,(H,61,65)/b29-28-,46-44+,54-52+. The van der Waals surface area contributed by atoms with Gasteiger partial charge < -0.3 is 20.6 Å². The van der Waals surface area contributed by atoms with Crippen molar-refractivity contribution in [3.05, 3.63) is 36.5 Å². The van der Waals surface area contributed by atoms with Gasteiger partial charge in [0.05, 0.1) is 31.3 Å². The van der Waals surface area contributed by atoms with Gasteiger partial charge >= 0.3 is 0 Å². The van der Waals surface area contributed by atoms with Gasteiger partial charge in [-0.3, -0.25) is 4.79 Å². The molecule has 0 aromatic heterocycles. The van der Waals surface area contributed by atoms with Crippen molar-refractivity contribution in [3.63, 3.8) is 0 Å². The molecule has 0 aromatic carbocycles. The zero-order valence-electron chi connectivity index (χ0n) is 43.9. The van der Waals surface area contributed by atoms with Crippen molar-refractivity contribution in [1.29, 1.82) is 0 Å². The van der Waals surface area contributed by atoms with Crippen LogP contribution in [0.3, 0.4) is 0 Å². The maximum atomic E-state index is 12.5. The van der Waals surface area contributed by atoms with Gasteiger partial charge in [-0.25, -0.2) is 0 Å². The van der Waals surface area contributed by atoms with Crippen LogP contribution in [0.4, 0.5) is 0 Å². The second-order valence-corrected chi connectivity index (χ2v) is 20.2. The lowest BCUT2D eigenvalue weighted by Crippen LogP contribution is -2.45. The molecule has 0 aliphatic heterocycles. The SMILES string of the molecule is CCCCCCCCCCC/C=C/CC/C=C/C(O)C(CO)NC(=O)CC(O)CCCCCCCCCCCCCCCCC/C=C\CCCCCCCCCCCCCCCCCC. The summed E-state index contributed by atoms with van der Waals surface area (Å²) < 4.78 is 0. The summed E-state index contributed by atoms with van der Waals surface area (Å²) in [6, 6.07) is -0.760. The molecule has 0 bridgehead atoms. The summed E-state index contributed by atoms with van der Waals surface area (Å²) in [7, 11) is 0. The third-order valence-electron chi connectivity index (χ3n) is 13.6. The molecule has 0 saturated carbocycles. The molecule has 0 fully saturated rings. The normalized spacial score (nSPS) is 13.5. The van der Waals surface area contributed by atoms with Crippen LogP contribution in [0.25, 0.3) is 0 Å². The molecule has 5 heteroatoms. The van der Waals surface area contributed by atoms with Gasteiger partial charge in [-0.1, -0.05) is 288 Å². The predicted octanol–water partition coefficient (Wildman–Crippen LogP) is 18.2. The number of aliphatic hydroxyl groups is 3. The lowest BCUT2D eigenvalue weighted by molar-refractivity contribution is -0.124. The number of aliphatic hydroxyl groups excluding tert-OH is 3. The van der Waals surface area contributed by atoms with E-state index in [2.05, 4.69) is 43.5 Å². The van der Waals surface area contributed by atoms with Crippen LogP contribution in [0.1, 0.15) is 316 Å². The predicted molar refractivity (Wildman–Crippen MR) is 287 cm³/mol. The average molecular weight is 915 g/mol. The van der Waals surface area contributed by atoms with Gasteiger partial charge in [-0.15, -0.1) is 0 Å². The highest BCUT2D eigenvalue weighted by molar-refractivity contribution is 5.76. The fourth-order valence-corrected chi connectivity index (χ4v) is 9.18. The highest BCUT2D eigenvalue weighted by Gasteiger charge is 2.20. The largest absolute Gasteiger partial charge is 0.394 e. The maximum absolute atomic E-state index is 12.5. The first kappa shape index (κ1) is 63.6. The summed E-state index contributed by atoms with van der Waals surface area (Å²) >= 11 is 0. The van der Waals surface area contributed by atoms with Crippen LogP contribution in [-0.4, -0.2) is 46.1 Å². The second kappa shape index (κ2) is 55.2. The summed E-state index contributed by atoms with van der Waals surface area (Å²) in [5, 5.41) is 33.4. The van der Waals surface area contributed by atoms with Crippen molar-refractivity contribution < 1.29 is 20.1 Å². The molecule has 0 saturated heterocycles. The molecular weight excluding hydrogens is 799 g/mol. The van der Waals surface area contributed by atoms with Gasteiger partial charge in [0.2, 0.25) is 5.91 Å². The summed E-state index contributed by atoms with van der Waals surface area (Å²) in [5.74, 6) is -0.322. The van der Waals surface area contributed by atoms with Crippen LogP contribution in [0.2, 0.25) is 0 Å². The van der Waals surface area contributed by atoms with E-state index in [0.717, 1.165) is 32.1 Å². The number of hydrogen-bond acceptors (Lipinski definition) is 4. The fraction of sp³-hybridized carbons (Fsp3) is 0.883. The lowest BCUT2D eigenvalue weighted by Gasteiger charge is -2.21. The van der Waals surface area contributed by atoms with Gasteiger partial charge in [-0.05, 0) is 57.8 Å². The first-order chi connectivity index (χ1) is 32.0. The molecule has 3 unspecified atom stereocenters. The first-order valence-corrected chi connectivity index (χ1v) is 29.3. The number of nitrogens with one attached hydrogen (secondary N) is 1.